The maximum atomic E-state index is 15.1. The highest BCUT2D eigenvalue weighted by Gasteiger charge is 2.23. The number of nitrogens with zero attached hydrogens (tertiary/aromatic N) is 1. The predicted molar refractivity (Wildman–Crippen MR) is 114 cm³/mol. The predicted octanol–water partition coefficient (Wildman–Crippen LogP) is 5.94. The zero-order valence-corrected chi connectivity index (χ0v) is 17.0. The first kappa shape index (κ1) is 19.9. The average molecular weight is 422 g/mol. The Labute approximate surface area is 177 Å². The zero-order chi connectivity index (χ0) is 21.6. The fourth-order valence-electron chi connectivity index (χ4n) is 3.72. The van der Waals surface area contributed by atoms with Crippen LogP contribution in [0.15, 0.2) is 60.8 Å². The lowest BCUT2D eigenvalue weighted by Crippen LogP contribution is -2.07. The number of halogens is 2. The molecule has 2 aromatic heterocycles. The summed E-state index contributed by atoms with van der Waals surface area (Å²) in [6, 6.07) is 15.0. The summed E-state index contributed by atoms with van der Waals surface area (Å²) in [5.41, 5.74) is 2.80. The lowest BCUT2D eigenvalue weighted by atomic mass is 9.98. The largest absolute Gasteiger partial charge is 0.478 e. The Balaban J connectivity index is 1.97. The summed E-state index contributed by atoms with van der Waals surface area (Å²) < 4.78 is 16.8. The summed E-state index contributed by atoms with van der Waals surface area (Å²) in [4.78, 5) is 24.7. The van der Waals surface area contributed by atoms with Crippen LogP contribution < -0.4 is 0 Å². The number of carbonyl (C=O) groups excluding carboxylic acids is 1. The van der Waals surface area contributed by atoms with Crippen molar-refractivity contribution >= 4 is 28.9 Å². The van der Waals surface area contributed by atoms with Crippen molar-refractivity contribution in [1.29, 1.82) is 0 Å². The molecule has 0 fully saturated rings. The molecule has 0 bridgehead atoms. The Morgan fingerprint density at radius 2 is 1.77 bits per heavy atom. The molecular weight excluding hydrogens is 405 g/mol. The van der Waals surface area contributed by atoms with Crippen LogP contribution in [0.2, 0.25) is 5.02 Å². The Morgan fingerprint density at radius 1 is 1.00 bits per heavy atom. The van der Waals surface area contributed by atoms with Gasteiger partial charge in [-0.3, -0.25) is 4.79 Å². The molecule has 150 valence electrons. The molecule has 0 amide bonds. The normalized spacial score (nSPS) is 11.1. The molecule has 2 heterocycles. The number of aromatic nitrogens is 1. The van der Waals surface area contributed by atoms with Gasteiger partial charge >= 0.3 is 5.97 Å². The average Bonchev–Trinajstić information content (AvgIpc) is 3.09. The molecule has 0 aliphatic rings. The minimum atomic E-state index is -1.19. The van der Waals surface area contributed by atoms with E-state index >= 15 is 4.39 Å². The standard InChI is InChI=1S/C24H17ClFNO3/c1-13-6-5-7-18(25)21(13)23(28)20-12-17(19-8-3-4-11-27(19)20)16-10-9-15(24(29)30)14(2)22(16)26/h3-12H,1-2H3,(H,29,30). The molecule has 0 atom stereocenters. The Hall–Kier alpha value is -3.44. The Bertz CT molecular complexity index is 1320. The smallest absolute Gasteiger partial charge is 0.336 e. The van der Waals surface area contributed by atoms with Crippen LogP contribution in [0.25, 0.3) is 16.6 Å². The van der Waals surface area contributed by atoms with Crippen LogP contribution in [0.1, 0.15) is 37.5 Å². The van der Waals surface area contributed by atoms with Gasteiger partial charge in [-0.05, 0) is 55.3 Å². The first-order valence-electron chi connectivity index (χ1n) is 9.24. The molecule has 4 aromatic rings. The number of aromatic carboxylic acids is 1. The van der Waals surface area contributed by atoms with E-state index in [4.69, 9.17) is 11.6 Å². The molecule has 0 radical (unpaired) electrons. The van der Waals surface area contributed by atoms with Crippen LogP contribution in [0.5, 0.6) is 0 Å². The van der Waals surface area contributed by atoms with Crippen LogP contribution in [0, 0.1) is 19.7 Å². The molecular formula is C24H17ClFNO3. The summed E-state index contributed by atoms with van der Waals surface area (Å²) >= 11 is 6.30. The number of carbonyl (C=O) groups is 2. The van der Waals surface area contributed by atoms with Gasteiger partial charge in [-0.2, -0.15) is 0 Å². The van der Waals surface area contributed by atoms with E-state index in [1.54, 1.807) is 47.0 Å². The lowest BCUT2D eigenvalue weighted by molar-refractivity contribution is 0.0695. The number of rotatable bonds is 4. The molecule has 4 rings (SSSR count). The third kappa shape index (κ3) is 3.08. The SMILES string of the molecule is Cc1cccc(Cl)c1C(=O)c1cc(-c2ccc(C(=O)O)c(C)c2F)c2ccccn12. The van der Waals surface area contributed by atoms with E-state index in [0.717, 1.165) is 5.56 Å². The first-order valence-corrected chi connectivity index (χ1v) is 9.61. The molecule has 1 N–H and O–H groups in total. The van der Waals surface area contributed by atoms with Crippen LogP contribution in [0.4, 0.5) is 4.39 Å². The molecule has 6 heteroatoms. The maximum absolute atomic E-state index is 15.1. The molecule has 2 aromatic carbocycles. The fourth-order valence-corrected chi connectivity index (χ4v) is 4.02. The van der Waals surface area contributed by atoms with Crippen LogP contribution in [0.3, 0.4) is 0 Å². The van der Waals surface area contributed by atoms with Crippen LogP contribution in [-0.2, 0) is 0 Å². The third-order valence-electron chi connectivity index (χ3n) is 5.27. The Kier molecular flexibility index (Phi) is 4.92. The number of pyridine rings is 1. The van der Waals surface area contributed by atoms with E-state index in [-0.39, 0.29) is 22.5 Å². The summed E-state index contributed by atoms with van der Waals surface area (Å²) in [5, 5.41) is 9.60. The van der Waals surface area contributed by atoms with Gasteiger partial charge < -0.3 is 9.51 Å². The molecule has 0 aliphatic heterocycles. The van der Waals surface area contributed by atoms with Gasteiger partial charge in [0, 0.05) is 22.9 Å². The summed E-state index contributed by atoms with van der Waals surface area (Å²) in [7, 11) is 0. The van der Waals surface area contributed by atoms with E-state index in [2.05, 4.69) is 0 Å². The number of hydrogen-bond acceptors (Lipinski definition) is 2. The molecule has 0 unspecified atom stereocenters. The number of fused-ring (bicyclic) bond motifs is 1. The number of carboxylic acids is 1. The summed E-state index contributed by atoms with van der Waals surface area (Å²) in [6.07, 6.45) is 1.73. The van der Waals surface area contributed by atoms with E-state index < -0.39 is 11.8 Å². The van der Waals surface area contributed by atoms with Crippen molar-refractivity contribution < 1.29 is 19.1 Å². The third-order valence-corrected chi connectivity index (χ3v) is 5.58. The number of hydrogen-bond donors (Lipinski definition) is 1. The highest BCUT2D eigenvalue weighted by Crippen LogP contribution is 2.34. The van der Waals surface area contributed by atoms with Gasteiger partial charge in [-0.25, -0.2) is 9.18 Å². The van der Waals surface area contributed by atoms with Crippen molar-refractivity contribution in [2.24, 2.45) is 0 Å². The molecule has 30 heavy (non-hydrogen) atoms. The van der Waals surface area contributed by atoms with E-state index in [1.807, 2.05) is 13.0 Å². The minimum Gasteiger partial charge on any atom is -0.478 e. The second-order valence-corrected chi connectivity index (χ2v) is 7.47. The fraction of sp³-hybridized carbons (Fsp3) is 0.0833. The maximum Gasteiger partial charge on any atom is 0.336 e. The summed E-state index contributed by atoms with van der Waals surface area (Å²) in [5.74, 6) is -2.09. The molecule has 4 nitrogen and oxygen atoms in total. The second kappa shape index (κ2) is 7.43. The van der Waals surface area contributed by atoms with Crippen molar-refractivity contribution in [1.82, 2.24) is 4.40 Å². The highest BCUT2D eigenvalue weighted by atomic mass is 35.5. The molecule has 0 saturated carbocycles. The van der Waals surface area contributed by atoms with Crippen LogP contribution in [-0.4, -0.2) is 21.3 Å². The topological polar surface area (TPSA) is 58.8 Å². The molecule has 0 aliphatic carbocycles. The van der Waals surface area contributed by atoms with Crippen molar-refractivity contribution in [2.75, 3.05) is 0 Å². The number of carboxylic acid groups (broad SMARTS) is 1. The van der Waals surface area contributed by atoms with E-state index in [1.165, 1.54) is 19.1 Å². The number of ketones is 1. The second-order valence-electron chi connectivity index (χ2n) is 7.06. The van der Waals surface area contributed by atoms with Crippen molar-refractivity contribution in [2.45, 2.75) is 13.8 Å². The lowest BCUT2D eigenvalue weighted by Gasteiger charge is -2.08. The number of benzene rings is 2. The molecule has 0 saturated heterocycles. The van der Waals surface area contributed by atoms with Gasteiger partial charge in [0.05, 0.1) is 21.8 Å². The first-order chi connectivity index (χ1) is 14.3. The van der Waals surface area contributed by atoms with Crippen molar-refractivity contribution in [3.05, 3.63) is 99.6 Å². The van der Waals surface area contributed by atoms with Gasteiger partial charge in [0.25, 0.3) is 0 Å². The van der Waals surface area contributed by atoms with Gasteiger partial charge in [0.15, 0.2) is 0 Å². The van der Waals surface area contributed by atoms with Crippen LogP contribution >= 0.6 is 11.6 Å². The van der Waals surface area contributed by atoms with Gasteiger partial charge in [-0.1, -0.05) is 35.9 Å². The monoisotopic (exact) mass is 421 g/mol. The van der Waals surface area contributed by atoms with Gasteiger partial charge in [-0.15, -0.1) is 0 Å². The quantitative estimate of drug-likeness (QED) is 0.414. The number of aryl methyl sites for hydroxylation is 1. The minimum absolute atomic E-state index is 0.0464. The van der Waals surface area contributed by atoms with E-state index in [9.17, 15) is 14.7 Å². The highest BCUT2D eigenvalue weighted by molar-refractivity contribution is 6.35. The zero-order valence-electron chi connectivity index (χ0n) is 16.2. The van der Waals surface area contributed by atoms with Crippen molar-refractivity contribution in [3.8, 4) is 11.1 Å². The van der Waals surface area contributed by atoms with Gasteiger partial charge in [0.2, 0.25) is 5.78 Å². The van der Waals surface area contributed by atoms with E-state index in [0.29, 0.717) is 27.4 Å². The summed E-state index contributed by atoms with van der Waals surface area (Å²) in [6.45, 7) is 3.24. The van der Waals surface area contributed by atoms with Crippen molar-refractivity contribution in [3.63, 3.8) is 0 Å². The Morgan fingerprint density at radius 3 is 2.47 bits per heavy atom. The molecule has 0 spiro atoms. The van der Waals surface area contributed by atoms with Gasteiger partial charge in [0.1, 0.15) is 5.82 Å².